The molecule has 0 atom stereocenters. The molecule has 14 heavy (non-hydrogen) atoms. The summed E-state index contributed by atoms with van der Waals surface area (Å²) < 4.78 is 6.96. The molecule has 0 aromatic carbocycles. The summed E-state index contributed by atoms with van der Waals surface area (Å²) in [6.45, 7) is 0.456. The molecule has 0 amide bonds. The predicted octanol–water partition coefficient (Wildman–Crippen LogP) is 1.79. The molecule has 2 heterocycles. The first-order chi connectivity index (χ1) is 6.70. The van der Waals surface area contributed by atoms with Crippen LogP contribution >= 0.6 is 11.6 Å². The predicted molar refractivity (Wildman–Crippen MR) is 53.8 cm³/mol. The average Bonchev–Trinajstić information content (AvgIpc) is 2.71. The van der Waals surface area contributed by atoms with E-state index >= 15 is 0 Å². The number of rotatable bonds is 2. The number of nitrogens with two attached hydrogens (primary N) is 1. The van der Waals surface area contributed by atoms with Crippen LogP contribution in [0.3, 0.4) is 0 Å². The van der Waals surface area contributed by atoms with Crippen LogP contribution < -0.4 is 5.73 Å². The van der Waals surface area contributed by atoms with Crippen LogP contribution in [-0.2, 0) is 13.6 Å². The number of hydrogen-bond acceptors (Lipinski definition) is 3. The number of nitrogens with zero attached hydrogens (tertiary/aromatic N) is 2. The van der Waals surface area contributed by atoms with Crippen molar-refractivity contribution in [3.63, 3.8) is 0 Å². The summed E-state index contributed by atoms with van der Waals surface area (Å²) in [6.07, 6.45) is 0. The highest BCUT2D eigenvalue weighted by Gasteiger charge is 2.09. The molecule has 0 fully saturated rings. The monoisotopic (exact) mass is 211 g/mol. The quantitative estimate of drug-likeness (QED) is 0.824. The van der Waals surface area contributed by atoms with Gasteiger partial charge in [0.2, 0.25) is 0 Å². The van der Waals surface area contributed by atoms with Crippen LogP contribution in [-0.4, -0.2) is 9.78 Å². The Morgan fingerprint density at radius 3 is 2.86 bits per heavy atom. The third kappa shape index (κ3) is 1.54. The molecule has 0 aliphatic heterocycles. The van der Waals surface area contributed by atoms with Crippen LogP contribution in [0.2, 0.25) is 5.22 Å². The zero-order chi connectivity index (χ0) is 10.1. The molecule has 2 rings (SSSR count). The Morgan fingerprint density at radius 2 is 2.36 bits per heavy atom. The van der Waals surface area contributed by atoms with E-state index in [4.69, 9.17) is 21.8 Å². The second kappa shape index (κ2) is 3.48. The number of hydrogen-bond donors (Lipinski definition) is 1. The van der Waals surface area contributed by atoms with E-state index < -0.39 is 0 Å². The van der Waals surface area contributed by atoms with Crippen LogP contribution in [0.5, 0.6) is 0 Å². The number of aryl methyl sites for hydroxylation is 1. The summed E-state index contributed by atoms with van der Waals surface area (Å²) in [5, 5.41) is 4.61. The molecule has 2 aromatic rings. The van der Waals surface area contributed by atoms with Gasteiger partial charge in [-0.15, -0.1) is 0 Å². The van der Waals surface area contributed by atoms with E-state index in [1.807, 2.05) is 13.1 Å². The maximum atomic E-state index is 5.66. The first kappa shape index (κ1) is 9.30. The Bertz CT molecular complexity index is 447. The topological polar surface area (TPSA) is 57.0 Å². The highest BCUT2D eigenvalue weighted by atomic mass is 35.5. The zero-order valence-corrected chi connectivity index (χ0v) is 8.45. The van der Waals surface area contributed by atoms with E-state index in [1.165, 1.54) is 0 Å². The minimum atomic E-state index is 0.361. The molecule has 74 valence electrons. The second-order valence-electron chi connectivity index (χ2n) is 2.95. The van der Waals surface area contributed by atoms with Gasteiger partial charge >= 0.3 is 0 Å². The molecule has 0 saturated carbocycles. The van der Waals surface area contributed by atoms with Crippen molar-refractivity contribution in [3.8, 4) is 11.5 Å². The van der Waals surface area contributed by atoms with Crippen LogP contribution in [0, 0.1) is 0 Å². The van der Waals surface area contributed by atoms with Crippen LogP contribution in [0.15, 0.2) is 22.6 Å². The summed E-state index contributed by atoms with van der Waals surface area (Å²) in [5.41, 5.74) is 7.23. The molecule has 0 aliphatic rings. The Labute approximate surface area is 86.3 Å². The van der Waals surface area contributed by atoms with Gasteiger partial charge in [-0.25, -0.2) is 0 Å². The van der Waals surface area contributed by atoms with E-state index in [2.05, 4.69) is 5.10 Å². The van der Waals surface area contributed by atoms with Crippen LogP contribution in [0.1, 0.15) is 5.69 Å². The van der Waals surface area contributed by atoms with Gasteiger partial charge in [-0.1, -0.05) is 0 Å². The third-order valence-corrected chi connectivity index (χ3v) is 2.21. The fourth-order valence-corrected chi connectivity index (χ4v) is 1.42. The first-order valence-corrected chi connectivity index (χ1v) is 4.57. The Morgan fingerprint density at radius 1 is 1.57 bits per heavy atom. The van der Waals surface area contributed by atoms with Gasteiger partial charge < -0.3 is 10.2 Å². The molecule has 0 unspecified atom stereocenters. The van der Waals surface area contributed by atoms with Crippen LogP contribution in [0.25, 0.3) is 11.5 Å². The molecule has 0 saturated heterocycles. The minimum Gasteiger partial charge on any atom is -0.443 e. The number of furan rings is 1. The summed E-state index contributed by atoms with van der Waals surface area (Å²) in [6, 6.07) is 5.35. The highest BCUT2D eigenvalue weighted by molar-refractivity contribution is 6.28. The highest BCUT2D eigenvalue weighted by Crippen LogP contribution is 2.23. The SMILES string of the molecule is Cn1nc(-c2ccc(Cl)o2)cc1CN. The molecule has 4 nitrogen and oxygen atoms in total. The standard InChI is InChI=1S/C9H10ClN3O/c1-13-6(5-11)4-7(12-13)8-2-3-9(10)14-8/h2-4H,5,11H2,1H3. The van der Waals surface area contributed by atoms with Crippen molar-refractivity contribution >= 4 is 11.6 Å². The van der Waals surface area contributed by atoms with Crippen molar-refractivity contribution in [2.75, 3.05) is 0 Å². The molecule has 2 aromatic heterocycles. The second-order valence-corrected chi connectivity index (χ2v) is 3.32. The third-order valence-electron chi connectivity index (χ3n) is 2.01. The van der Waals surface area contributed by atoms with E-state index in [0.29, 0.717) is 17.5 Å². The lowest BCUT2D eigenvalue weighted by molar-refractivity contribution is 0.579. The average molecular weight is 212 g/mol. The minimum absolute atomic E-state index is 0.361. The van der Waals surface area contributed by atoms with Gasteiger partial charge in [0.25, 0.3) is 0 Å². The zero-order valence-electron chi connectivity index (χ0n) is 7.70. The lowest BCUT2D eigenvalue weighted by atomic mass is 10.3. The Hall–Kier alpha value is -1.26. The maximum absolute atomic E-state index is 5.66. The molecular weight excluding hydrogens is 202 g/mol. The van der Waals surface area contributed by atoms with E-state index in [1.54, 1.807) is 16.8 Å². The molecule has 2 N–H and O–H groups in total. The van der Waals surface area contributed by atoms with Gasteiger partial charge in [0, 0.05) is 13.6 Å². The maximum Gasteiger partial charge on any atom is 0.194 e. The van der Waals surface area contributed by atoms with Gasteiger partial charge in [0.1, 0.15) is 5.69 Å². The van der Waals surface area contributed by atoms with Crippen molar-refractivity contribution in [3.05, 3.63) is 29.1 Å². The van der Waals surface area contributed by atoms with Gasteiger partial charge in [0.05, 0.1) is 5.69 Å². The van der Waals surface area contributed by atoms with Crippen molar-refractivity contribution < 1.29 is 4.42 Å². The molecule has 0 spiro atoms. The molecule has 0 aliphatic carbocycles. The summed E-state index contributed by atoms with van der Waals surface area (Å²) in [5.74, 6) is 0.658. The van der Waals surface area contributed by atoms with Crippen molar-refractivity contribution in [2.45, 2.75) is 6.54 Å². The van der Waals surface area contributed by atoms with E-state index in [9.17, 15) is 0 Å². The fraction of sp³-hybridized carbons (Fsp3) is 0.222. The lowest BCUT2D eigenvalue weighted by Gasteiger charge is -1.93. The molecular formula is C9H10ClN3O. The molecule has 5 heteroatoms. The van der Waals surface area contributed by atoms with Gasteiger partial charge in [-0.3, -0.25) is 4.68 Å². The van der Waals surface area contributed by atoms with Crippen molar-refractivity contribution in [1.29, 1.82) is 0 Å². The largest absolute Gasteiger partial charge is 0.443 e. The van der Waals surface area contributed by atoms with Gasteiger partial charge in [-0.05, 0) is 29.8 Å². The number of halogens is 1. The normalized spacial score (nSPS) is 10.8. The first-order valence-electron chi connectivity index (χ1n) is 4.19. The molecule has 0 radical (unpaired) electrons. The van der Waals surface area contributed by atoms with E-state index in [-0.39, 0.29) is 0 Å². The Balaban J connectivity index is 2.42. The summed E-state index contributed by atoms with van der Waals surface area (Å²) >= 11 is 5.66. The number of aromatic nitrogens is 2. The van der Waals surface area contributed by atoms with Gasteiger partial charge in [-0.2, -0.15) is 5.10 Å². The van der Waals surface area contributed by atoms with Crippen molar-refractivity contribution in [2.24, 2.45) is 12.8 Å². The van der Waals surface area contributed by atoms with Crippen LogP contribution in [0.4, 0.5) is 0 Å². The summed E-state index contributed by atoms with van der Waals surface area (Å²) in [4.78, 5) is 0. The van der Waals surface area contributed by atoms with Crippen molar-refractivity contribution in [1.82, 2.24) is 9.78 Å². The van der Waals surface area contributed by atoms with E-state index in [0.717, 1.165) is 11.4 Å². The lowest BCUT2D eigenvalue weighted by Crippen LogP contribution is -2.03. The van der Waals surface area contributed by atoms with Gasteiger partial charge in [0.15, 0.2) is 11.0 Å². The summed E-state index contributed by atoms with van der Waals surface area (Å²) in [7, 11) is 1.84. The Kier molecular flexibility index (Phi) is 2.31. The smallest absolute Gasteiger partial charge is 0.194 e. The molecule has 0 bridgehead atoms. The fourth-order valence-electron chi connectivity index (χ4n) is 1.27.